The summed E-state index contributed by atoms with van der Waals surface area (Å²) in [5.41, 5.74) is 2.67. The van der Waals surface area contributed by atoms with Crippen LogP contribution in [-0.2, 0) is 23.0 Å². The van der Waals surface area contributed by atoms with E-state index in [0.717, 1.165) is 17.5 Å². The van der Waals surface area contributed by atoms with E-state index in [2.05, 4.69) is 20.3 Å². The average molecular weight is 432 g/mol. The van der Waals surface area contributed by atoms with Gasteiger partial charge in [0.2, 0.25) is 10.0 Å². The number of guanidine groups is 1. The third kappa shape index (κ3) is 6.57. The van der Waals surface area contributed by atoms with Gasteiger partial charge in [0.1, 0.15) is 0 Å². The number of aliphatic imine (C=N–C) groups is 1. The van der Waals surface area contributed by atoms with Crippen LogP contribution in [0, 0.1) is 0 Å². The first-order valence-electron chi connectivity index (χ1n) is 9.54. The second kappa shape index (κ2) is 10.7. The van der Waals surface area contributed by atoms with Gasteiger partial charge in [0.05, 0.1) is 4.90 Å². The molecule has 30 heavy (non-hydrogen) atoms. The largest absolute Gasteiger partial charge is 0.356 e. The van der Waals surface area contributed by atoms with Crippen molar-refractivity contribution in [1.29, 1.82) is 0 Å². The predicted octanol–water partition coefficient (Wildman–Crippen LogP) is 1.20. The summed E-state index contributed by atoms with van der Waals surface area (Å²) in [5, 5.41) is 6.44. The molecule has 0 aromatic heterocycles. The van der Waals surface area contributed by atoms with Gasteiger partial charge in [-0.3, -0.25) is 9.79 Å². The van der Waals surface area contributed by atoms with E-state index in [1.165, 1.54) is 7.05 Å². The highest BCUT2D eigenvalue weighted by Gasteiger charge is 2.11. The van der Waals surface area contributed by atoms with E-state index in [9.17, 15) is 13.2 Å². The van der Waals surface area contributed by atoms with Crippen LogP contribution < -0.4 is 15.4 Å². The number of sulfonamides is 1. The number of rotatable bonds is 8. The first-order chi connectivity index (χ1) is 14.3. The van der Waals surface area contributed by atoms with Crippen LogP contribution in [0.2, 0.25) is 0 Å². The Morgan fingerprint density at radius 2 is 1.73 bits per heavy atom. The Hall–Kier alpha value is -2.91. The number of carbonyl (C=O) groups is 1. The lowest BCUT2D eigenvalue weighted by Gasteiger charge is -2.13. The molecule has 0 fully saturated rings. The van der Waals surface area contributed by atoms with Crippen molar-refractivity contribution in [2.24, 2.45) is 4.99 Å². The normalized spacial score (nSPS) is 11.8. The molecule has 2 rings (SSSR count). The Bertz CT molecular complexity index is 986. The summed E-state index contributed by atoms with van der Waals surface area (Å²) in [5.74, 6) is 0.623. The summed E-state index contributed by atoms with van der Waals surface area (Å²) >= 11 is 0. The van der Waals surface area contributed by atoms with Crippen molar-refractivity contribution in [2.75, 3.05) is 34.7 Å². The summed E-state index contributed by atoms with van der Waals surface area (Å²) in [4.78, 5) is 18.1. The quantitative estimate of drug-likeness (QED) is 0.431. The molecular weight excluding hydrogens is 402 g/mol. The number of carbonyl (C=O) groups excluding carboxylic acids is 1. The van der Waals surface area contributed by atoms with Gasteiger partial charge in [-0.25, -0.2) is 13.1 Å². The van der Waals surface area contributed by atoms with Crippen molar-refractivity contribution in [3.8, 4) is 0 Å². The predicted molar refractivity (Wildman–Crippen MR) is 119 cm³/mol. The van der Waals surface area contributed by atoms with Gasteiger partial charge in [-0.2, -0.15) is 0 Å². The first kappa shape index (κ1) is 23.4. The lowest BCUT2D eigenvalue weighted by atomic mass is 10.1. The summed E-state index contributed by atoms with van der Waals surface area (Å²) < 4.78 is 25.8. The zero-order valence-corrected chi connectivity index (χ0v) is 18.6. The van der Waals surface area contributed by atoms with Crippen molar-refractivity contribution in [1.82, 2.24) is 20.3 Å². The molecule has 3 N–H and O–H groups in total. The zero-order valence-electron chi connectivity index (χ0n) is 17.8. The van der Waals surface area contributed by atoms with E-state index >= 15 is 0 Å². The molecule has 0 aliphatic carbocycles. The molecule has 0 saturated heterocycles. The molecule has 8 nitrogen and oxygen atoms in total. The van der Waals surface area contributed by atoms with Crippen LogP contribution in [0.25, 0.3) is 0 Å². The summed E-state index contributed by atoms with van der Waals surface area (Å²) in [6.07, 6.45) is 0.742. The molecule has 0 spiro atoms. The molecule has 0 radical (unpaired) electrons. The van der Waals surface area contributed by atoms with Crippen LogP contribution in [0.1, 0.15) is 21.5 Å². The Kier molecular flexibility index (Phi) is 8.37. The second-order valence-corrected chi connectivity index (χ2v) is 8.74. The number of hydrogen-bond donors (Lipinski definition) is 3. The van der Waals surface area contributed by atoms with Crippen molar-refractivity contribution < 1.29 is 13.2 Å². The van der Waals surface area contributed by atoms with E-state index in [1.54, 1.807) is 50.3 Å². The smallest absolute Gasteiger partial charge is 0.253 e. The second-order valence-electron chi connectivity index (χ2n) is 6.85. The van der Waals surface area contributed by atoms with Crippen LogP contribution in [0.5, 0.6) is 0 Å². The molecule has 0 heterocycles. The number of nitrogens with zero attached hydrogens (tertiary/aromatic N) is 2. The number of nitrogens with one attached hydrogen (secondary N) is 3. The number of hydrogen-bond acceptors (Lipinski definition) is 4. The van der Waals surface area contributed by atoms with Crippen molar-refractivity contribution >= 4 is 21.9 Å². The van der Waals surface area contributed by atoms with Gasteiger partial charge in [-0.1, -0.05) is 24.3 Å². The zero-order chi connectivity index (χ0) is 22.1. The van der Waals surface area contributed by atoms with Crippen LogP contribution in [0.3, 0.4) is 0 Å². The Labute approximate surface area is 178 Å². The van der Waals surface area contributed by atoms with E-state index in [1.807, 2.05) is 24.3 Å². The van der Waals surface area contributed by atoms with Crippen molar-refractivity contribution in [3.63, 3.8) is 0 Å². The standard InChI is InChI=1S/C21H29N5O3S/c1-22-21(25-15-17-8-10-19(11-9-17)30(28,29)23-2)24-13-12-16-6-5-7-18(14-16)20(27)26(3)4/h5-11,14,23H,12-13,15H2,1-4H3,(H2,22,24,25). The molecule has 0 aliphatic rings. The third-order valence-corrected chi connectivity index (χ3v) is 5.90. The van der Waals surface area contributed by atoms with Gasteiger partial charge >= 0.3 is 0 Å². The molecule has 2 aromatic rings. The molecule has 9 heteroatoms. The lowest BCUT2D eigenvalue weighted by molar-refractivity contribution is 0.0827. The molecule has 0 saturated carbocycles. The Balaban J connectivity index is 1.86. The van der Waals surface area contributed by atoms with Crippen LogP contribution in [-0.4, -0.2) is 59.9 Å². The Morgan fingerprint density at radius 1 is 1.03 bits per heavy atom. The highest BCUT2D eigenvalue weighted by Crippen LogP contribution is 2.10. The van der Waals surface area contributed by atoms with Crippen molar-refractivity contribution in [3.05, 3.63) is 65.2 Å². The number of amides is 1. The van der Waals surface area contributed by atoms with Gasteiger partial charge in [-0.15, -0.1) is 0 Å². The maximum absolute atomic E-state index is 12.1. The lowest BCUT2D eigenvalue weighted by Crippen LogP contribution is -2.37. The van der Waals surface area contributed by atoms with Crippen LogP contribution in [0.15, 0.2) is 58.4 Å². The van der Waals surface area contributed by atoms with E-state index < -0.39 is 10.0 Å². The highest BCUT2D eigenvalue weighted by atomic mass is 32.2. The molecule has 162 valence electrons. The molecule has 2 aromatic carbocycles. The monoisotopic (exact) mass is 431 g/mol. The average Bonchev–Trinajstić information content (AvgIpc) is 2.76. The summed E-state index contributed by atoms with van der Waals surface area (Å²) in [6, 6.07) is 14.3. The van der Waals surface area contributed by atoms with Crippen LogP contribution in [0.4, 0.5) is 0 Å². The minimum Gasteiger partial charge on any atom is -0.356 e. The molecule has 0 bridgehead atoms. The summed E-state index contributed by atoms with van der Waals surface area (Å²) in [6.45, 7) is 1.16. The van der Waals surface area contributed by atoms with E-state index in [4.69, 9.17) is 0 Å². The summed E-state index contributed by atoms with van der Waals surface area (Å²) in [7, 11) is 3.11. The number of benzene rings is 2. The molecular formula is C21H29N5O3S. The van der Waals surface area contributed by atoms with Crippen LogP contribution >= 0.6 is 0 Å². The maximum atomic E-state index is 12.1. The van der Waals surface area contributed by atoms with Gasteiger partial charge in [-0.05, 0) is 48.9 Å². The van der Waals surface area contributed by atoms with Gasteiger partial charge in [0, 0.05) is 39.8 Å². The van der Waals surface area contributed by atoms with Gasteiger partial charge in [0.15, 0.2) is 5.96 Å². The third-order valence-electron chi connectivity index (χ3n) is 4.47. The molecule has 0 atom stereocenters. The molecule has 0 aliphatic heterocycles. The SMILES string of the molecule is CN=C(NCCc1cccc(C(=O)N(C)C)c1)NCc1ccc(S(=O)(=O)NC)cc1. The highest BCUT2D eigenvalue weighted by molar-refractivity contribution is 7.89. The van der Waals surface area contributed by atoms with E-state index in [-0.39, 0.29) is 10.8 Å². The fourth-order valence-electron chi connectivity index (χ4n) is 2.75. The van der Waals surface area contributed by atoms with E-state index in [0.29, 0.717) is 24.6 Å². The minimum atomic E-state index is -3.43. The topological polar surface area (TPSA) is 103 Å². The molecule has 0 unspecified atom stereocenters. The maximum Gasteiger partial charge on any atom is 0.253 e. The minimum absolute atomic E-state index is 0.0178. The molecule has 1 amide bonds. The van der Waals surface area contributed by atoms with Gasteiger partial charge in [0.25, 0.3) is 5.91 Å². The van der Waals surface area contributed by atoms with Crippen molar-refractivity contribution in [2.45, 2.75) is 17.9 Å². The fourth-order valence-corrected chi connectivity index (χ4v) is 3.48. The van der Waals surface area contributed by atoms with Gasteiger partial charge < -0.3 is 15.5 Å². The fraction of sp³-hybridized carbons (Fsp3) is 0.333. The Morgan fingerprint density at radius 3 is 2.33 bits per heavy atom. The first-order valence-corrected chi connectivity index (χ1v) is 11.0.